The summed E-state index contributed by atoms with van der Waals surface area (Å²) in [7, 11) is 0. The largest absolute Gasteiger partial charge is 0.307 e. The number of para-hydroxylation sites is 5. The normalized spacial score (nSPS) is 11.8. The maximum Gasteiger partial charge on any atom is 0.139 e. The van der Waals surface area contributed by atoms with Crippen LogP contribution in [0.2, 0.25) is 0 Å². The number of hydrogen-bond acceptors (Lipinski definition) is 3. The fourth-order valence-corrected chi connectivity index (χ4v) is 7.22. The first kappa shape index (κ1) is 26.6. The second-order valence-electron chi connectivity index (χ2n) is 12.1. The maximum absolute atomic E-state index is 5.39. The predicted octanol–water partition coefficient (Wildman–Crippen LogP) is 10.6. The highest BCUT2D eigenvalue weighted by Gasteiger charge is 2.22. The average Bonchev–Trinajstić information content (AvgIpc) is 3.68. The summed E-state index contributed by atoms with van der Waals surface area (Å²) in [5.41, 5.74) is 11.0. The van der Waals surface area contributed by atoms with E-state index < -0.39 is 0 Å². The third kappa shape index (κ3) is 4.01. The molecule has 5 heteroatoms. The number of hydrogen-bond donors (Lipinski definition) is 0. The topological polar surface area (TPSA) is 48.5 Å². The van der Waals surface area contributed by atoms with Gasteiger partial charge in [-0.2, -0.15) is 0 Å². The van der Waals surface area contributed by atoms with E-state index in [0.717, 1.165) is 61.6 Å². The van der Waals surface area contributed by atoms with Crippen molar-refractivity contribution < 1.29 is 0 Å². The van der Waals surface area contributed by atoms with Gasteiger partial charge in [-0.3, -0.25) is 9.55 Å². The van der Waals surface area contributed by atoms with Crippen LogP contribution in [0.5, 0.6) is 0 Å². The van der Waals surface area contributed by atoms with Crippen molar-refractivity contribution >= 4 is 54.6 Å². The van der Waals surface area contributed by atoms with E-state index in [-0.39, 0.29) is 0 Å². The summed E-state index contributed by atoms with van der Waals surface area (Å²) in [5, 5.41) is 4.77. The van der Waals surface area contributed by atoms with Gasteiger partial charge in [-0.05, 0) is 59.7 Å². The highest BCUT2D eigenvalue weighted by molar-refractivity contribution is 6.23. The van der Waals surface area contributed by atoms with E-state index in [1.54, 1.807) is 0 Å². The third-order valence-corrected chi connectivity index (χ3v) is 9.34. The maximum atomic E-state index is 5.39. The van der Waals surface area contributed by atoms with Crippen molar-refractivity contribution in [1.82, 2.24) is 24.1 Å². The summed E-state index contributed by atoms with van der Waals surface area (Å²) in [5.74, 6) is 0.824. The molecule has 0 atom stereocenters. The van der Waals surface area contributed by atoms with E-state index in [0.29, 0.717) is 0 Å². The predicted molar refractivity (Wildman–Crippen MR) is 197 cm³/mol. The molecule has 0 spiro atoms. The summed E-state index contributed by atoms with van der Waals surface area (Å²) >= 11 is 0. The van der Waals surface area contributed by atoms with Crippen LogP contribution in [0, 0.1) is 0 Å². The SMILES string of the molecule is c1ccc(-c2cc(-c3cnc4ccccc4n3)nc(-n3c4ccccc4c4ccc5c6ccccc6n(-c6ccccc6)c5c43)c2)cc1. The Morgan fingerprint density at radius 1 is 0.396 bits per heavy atom. The van der Waals surface area contributed by atoms with Crippen LogP contribution in [-0.2, 0) is 0 Å². The zero-order valence-electron chi connectivity index (χ0n) is 25.8. The van der Waals surface area contributed by atoms with Crippen molar-refractivity contribution in [3.63, 3.8) is 0 Å². The Labute approximate surface area is 276 Å². The molecule has 4 heterocycles. The van der Waals surface area contributed by atoms with Gasteiger partial charge in [-0.25, -0.2) is 9.97 Å². The van der Waals surface area contributed by atoms with Crippen LogP contribution in [0.25, 0.3) is 88.7 Å². The minimum Gasteiger partial charge on any atom is -0.307 e. The molecule has 0 aliphatic heterocycles. The van der Waals surface area contributed by atoms with Crippen molar-refractivity contribution in [2.24, 2.45) is 0 Å². The van der Waals surface area contributed by atoms with Crippen molar-refractivity contribution in [1.29, 1.82) is 0 Å². The van der Waals surface area contributed by atoms with Crippen LogP contribution in [-0.4, -0.2) is 24.1 Å². The van der Waals surface area contributed by atoms with Gasteiger partial charge in [0.05, 0.1) is 45.0 Å². The fourth-order valence-electron chi connectivity index (χ4n) is 7.22. The Morgan fingerprint density at radius 2 is 0.979 bits per heavy atom. The second-order valence-corrected chi connectivity index (χ2v) is 12.1. The van der Waals surface area contributed by atoms with Crippen molar-refractivity contribution in [3.05, 3.63) is 164 Å². The van der Waals surface area contributed by atoms with Gasteiger partial charge in [0.1, 0.15) is 11.5 Å². The molecule has 0 N–H and O–H groups in total. The molecule has 0 bridgehead atoms. The van der Waals surface area contributed by atoms with E-state index in [1.807, 2.05) is 36.5 Å². The van der Waals surface area contributed by atoms with Gasteiger partial charge < -0.3 is 4.57 Å². The van der Waals surface area contributed by atoms with Gasteiger partial charge >= 0.3 is 0 Å². The number of fused-ring (bicyclic) bond motifs is 8. The number of nitrogens with zero attached hydrogens (tertiary/aromatic N) is 5. The molecule has 0 fully saturated rings. The lowest BCUT2D eigenvalue weighted by Crippen LogP contribution is -2.02. The summed E-state index contributed by atoms with van der Waals surface area (Å²) in [4.78, 5) is 15.2. The molecule has 5 nitrogen and oxygen atoms in total. The zero-order valence-corrected chi connectivity index (χ0v) is 25.8. The van der Waals surface area contributed by atoms with E-state index in [4.69, 9.17) is 15.0 Å². The Hall–Kier alpha value is -6.59. The highest BCUT2D eigenvalue weighted by Crippen LogP contribution is 2.42. The molecular weight excluding hydrogens is 587 g/mol. The lowest BCUT2D eigenvalue weighted by Gasteiger charge is -2.14. The molecule has 0 unspecified atom stereocenters. The number of pyridine rings is 1. The smallest absolute Gasteiger partial charge is 0.139 e. The van der Waals surface area contributed by atoms with Crippen molar-refractivity contribution in [2.75, 3.05) is 0 Å². The number of aromatic nitrogens is 5. The first-order valence-corrected chi connectivity index (χ1v) is 16.1. The monoisotopic (exact) mass is 613 g/mol. The van der Waals surface area contributed by atoms with Crippen LogP contribution in [0.1, 0.15) is 0 Å². The third-order valence-electron chi connectivity index (χ3n) is 9.34. The first-order chi connectivity index (χ1) is 23.8. The van der Waals surface area contributed by atoms with Crippen LogP contribution in [0.4, 0.5) is 0 Å². The molecular formula is C43H27N5. The molecule has 0 aliphatic carbocycles. The average molecular weight is 614 g/mol. The molecule has 0 radical (unpaired) electrons. The standard InChI is InChI=1S/C43H27N5/c1-3-13-28(14-4-1)29-25-37(38-27-44-35-19-9-10-20-36(35)45-38)46-41(26-29)48-40-22-12-8-18-32(40)34-24-23-33-31-17-7-11-21-39(31)47(42(33)43(34)48)30-15-5-2-6-16-30/h1-27H. The van der Waals surface area contributed by atoms with E-state index >= 15 is 0 Å². The minimum absolute atomic E-state index is 0.733. The zero-order chi connectivity index (χ0) is 31.6. The van der Waals surface area contributed by atoms with Crippen LogP contribution in [0.15, 0.2) is 164 Å². The molecule has 6 aromatic carbocycles. The summed E-state index contributed by atoms with van der Waals surface area (Å²) in [6.45, 7) is 0. The summed E-state index contributed by atoms with van der Waals surface area (Å²) < 4.78 is 4.74. The van der Waals surface area contributed by atoms with Gasteiger partial charge in [-0.15, -0.1) is 0 Å². The lowest BCUT2D eigenvalue weighted by molar-refractivity contribution is 1.07. The summed E-state index contributed by atoms with van der Waals surface area (Å²) in [6.07, 6.45) is 1.83. The Bertz CT molecular complexity index is 2830. The molecule has 0 saturated heterocycles. The molecule has 4 aromatic heterocycles. The van der Waals surface area contributed by atoms with Crippen LogP contribution in [0.3, 0.4) is 0 Å². The van der Waals surface area contributed by atoms with Crippen LogP contribution < -0.4 is 0 Å². The van der Waals surface area contributed by atoms with E-state index in [9.17, 15) is 0 Å². The number of benzene rings is 6. The van der Waals surface area contributed by atoms with Gasteiger partial charge in [0, 0.05) is 27.2 Å². The lowest BCUT2D eigenvalue weighted by atomic mass is 10.0. The van der Waals surface area contributed by atoms with E-state index in [1.165, 1.54) is 27.1 Å². The van der Waals surface area contributed by atoms with Gasteiger partial charge in [-0.1, -0.05) is 109 Å². The minimum atomic E-state index is 0.733. The molecule has 0 saturated carbocycles. The van der Waals surface area contributed by atoms with Crippen molar-refractivity contribution in [3.8, 4) is 34.0 Å². The van der Waals surface area contributed by atoms with Crippen molar-refractivity contribution in [2.45, 2.75) is 0 Å². The Morgan fingerprint density at radius 3 is 1.71 bits per heavy atom. The van der Waals surface area contributed by atoms with Crippen LogP contribution >= 0.6 is 0 Å². The highest BCUT2D eigenvalue weighted by atomic mass is 15.1. The second kappa shape index (κ2) is 10.5. The Balaban J connectivity index is 1.36. The Kier molecular flexibility index (Phi) is 5.81. The summed E-state index contributed by atoms with van der Waals surface area (Å²) in [6, 6.07) is 55.3. The molecule has 10 rings (SSSR count). The molecule has 224 valence electrons. The van der Waals surface area contributed by atoms with E-state index in [2.05, 4.69) is 137 Å². The van der Waals surface area contributed by atoms with Gasteiger partial charge in [0.15, 0.2) is 0 Å². The molecule has 0 amide bonds. The molecule has 48 heavy (non-hydrogen) atoms. The number of rotatable bonds is 4. The molecule has 0 aliphatic rings. The van der Waals surface area contributed by atoms with Gasteiger partial charge in [0.25, 0.3) is 0 Å². The fraction of sp³-hybridized carbons (Fsp3) is 0. The van der Waals surface area contributed by atoms with Gasteiger partial charge in [0.2, 0.25) is 0 Å². The molecule has 10 aromatic rings. The quantitative estimate of drug-likeness (QED) is 0.198. The first-order valence-electron chi connectivity index (χ1n) is 16.1.